The average Bonchev–Trinajstić information content (AvgIpc) is 3.50. The van der Waals surface area contributed by atoms with Crippen molar-refractivity contribution in [2.75, 3.05) is 21.9 Å². The van der Waals surface area contributed by atoms with Gasteiger partial charge in [0, 0.05) is 30.9 Å². The molecule has 0 radical (unpaired) electrons. The second-order valence-electron chi connectivity index (χ2n) is 7.76. The van der Waals surface area contributed by atoms with Crippen LogP contribution in [0.4, 0.5) is 24.5 Å². The molecule has 33 heavy (non-hydrogen) atoms. The number of halogens is 3. The summed E-state index contributed by atoms with van der Waals surface area (Å²) in [7, 11) is -3.46. The number of benzene rings is 1. The van der Waals surface area contributed by atoms with Crippen molar-refractivity contribution in [3.63, 3.8) is 0 Å². The summed E-state index contributed by atoms with van der Waals surface area (Å²) >= 11 is 0. The standard InChI is InChI=1S/C19H19F3N6O4S/c20-12-4-11(5-13(21)18(12)22)25-19(29)26-8-15-14(28-2-1-3-33(28,30)31)6-24-27(15)9-16(26)17-7-23-10-32-17/h4-7,10,16,19,25,29H,1-3,8-9H2/t16-,19?/m1/s1. The number of nitrogens with one attached hydrogen (secondary N) is 1. The molecule has 2 aliphatic rings. The van der Waals surface area contributed by atoms with E-state index in [4.69, 9.17) is 4.42 Å². The molecule has 0 amide bonds. The van der Waals surface area contributed by atoms with Crippen molar-refractivity contribution in [1.29, 1.82) is 0 Å². The second-order valence-corrected chi connectivity index (χ2v) is 9.78. The fraction of sp³-hybridized carbons (Fsp3) is 0.368. The van der Waals surface area contributed by atoms with Crippen LogP contribution in [0.15, 0.2) is 35.3 Å². The molecule has 2 N–H and O–H groups in total. The summed E-state index contributed by atoms with van der Waals surface area (Å²) in [6.45, 7) is 0.526. The zero-order valence-corrected chi connectivity index (χ0v) is 17.8. The predicted octanol–water partition coefficient (Wildman–Crippen LogP) is 1.77. The van der Waals surface area contributed by atoms with Crippen LogP contribution < -0.4 is 9.62 Å². The molecule has 1 aromatic carbocycles. The Morgan fingerprint density at radius 2 is 1.97 bits per heavy atom. The maximum atomic E-state index is 13.6. The van der Waals surface area contributed by atoms with Crippen LogP contribution in [0.3, 0.4) is 0 Å². The number of anilines is 2. The molecule has 0 bridgehead atoms. The molecule has 5 rings (SSSR count). The monoisotopic (exact) mass is 484 g/mol. The highest BCUT2D eigenvalue weighted by Crippen LogP contribution is 2.36. The molecule has 3 aromatic rings. The highest BCUT2D eigenvalue weighted by molar-refractivity contribution is 7.93. The molecule has 4 heterocycles. The van der Waals surface area contributed by atoms with Gasteiger partial charge in [0.25, 0.3) is 0 Å². The smallest absolute Gasteiger partial charge is 0.235 e. The van der Waals surface area contributed by atoms with Crippen molar-refractivity contribution in [1.82, 2.24) is 19.7 Å². The van der Waals surface area contributed by atoms with Gasteiger partial charge in [-0.1, -0.05) is 0 Å². The van der Waals surface area contributed by atoms with Gasteiger partial charge in [-0.15, -0.1) is 0 Å². The Labute approximate surface area is 186 Å². The van der Waals surface area contributed by atoms with Crippen molar-refractivity contribution in [3.8, 4) is 0 Å². The molecule has 1 saturated heterocycles. The third kappa shape index (κ3) is 3.83. The first kappa shape index (κ1) is 21.7. The lowest BCUT2D eigenvalue weighted by atomic mass is 10.1. The summed E-state index contributed by atoms with van der Waals surface area (Å²) in [6, 6.07) is 0.851. The molecular formula is C19H19F3N6O4S. The first-order chi connectivity index (χ1) is 15.7. The first-order valence-electron chi connectivity index (χ1n) is 10.0. The number of aromatic nitrogens is 3. The van der Waals surface area contributed by atoms with Crippen LogP contribution in [0, 0.1) is 17.5 Å². The molecule has 0 aliphatic carbocycles. The van der Waals surface area contributed by atoms with Crippen LogP contribution in [-0.2, 0) is 23.1 Å². The Kier molecular flexibility index (Phi) is 5.29. The molecule has 2 aromatic heterocycles. The van der Waals surface area contributed by atoms with Gasteiger partial charge in [0.05, 0.1) is 42.1 Å². The van der Waals surface area contributed by atoms with E-state index in [9.17, 15) is 26.7 Å². The summed E-state index contributed by atoms with van der Waals surface area (Å²) in [6.07, 6.45) is 3.13. The Hall–Kier alpha value is -3.10. The number of nitrogens with zero attached hydrogens (tertiary/aromatic N) is 5. The van der Waals surface area contributed by atoms with Crippen molar-refractivity contribution >= 4 is 21.4 Å². The van der Waals surface area contributed by atoms with Gasteiger partial charge in [0.1, 0.15) is 5.76 Å². The molecular weight excluding hydrogens is 465 g/mol. The van der Waals surface area contributed by atoms with Gasteiger partial charge in [-0.2, -0.15) is 5.10 Å². The van der Waals surface area contributed by atoms with Crippen molar-refractivity contribution in [2.45, 2.75) is 31.9 Å². The number of sulfonamides is 1. The number of fused-ring (bicyclic) bond motifs is 1. The number of aliphatic hydroxyl groups is 1. The van der Waals surface area contributed by atoms with Gasteiger partial charge < -0.3 is 14.8 Å². The van der Waals surface area contributed by atoms with Crippen molar-refractivity contribution in [2.24, 2.45) is 0 Å². The number of hydrogen-bond donors (Lipinski definition) is 2. The number of hydrogen-bond acceptors (Lipinski definition) is 8. The van der Waals surface area contributed by atoms with E-state index in [-0.39, 0.29) is 24.5 Å². The third-order valence-electron chi connectivity index (χ3n) is 5.75. The molecule has 176 valence electrons. The normalized spacial score (nSPS) is 21.2. The molecule has 0 spiro atoms. The minimum Gasteiger partial charge on any atom is -0.447 e. The highest BCUT2D eigenvalue weighted by Gasteiger charge is 2.39. The van der Waals surface area contributed by atoms with Gasteiger partial charge in [-0.3, -0.25) is 8.99 Å². The van der Waals surface area contributed by atoms with Crippen molar-refractivity contribution < 1.29 is 31.1 Å². The molecule has 2 atom stereocenters. The Bertz CT molecular complexity index is 1260. The van der Waals surface area contributed by atoms with Crippen LogP contribution >= 0.6 is 0 Å². The summed E-state index contributed by atoms with van der Waals surface area (Å²) in [5.41, 5.74) is 0.754. The maximum absolute atomic E-state index is 13.6. The molecule has 0 saturated carbocycles. The lowest BCUT2D eigenvalue weighted by Crippen LogP contribution is -2.47. The van der Waals surface area contributed by atoms with Gasteiger partial charge in [0.2, 0.25) is 10.0 Å². The molecule has 10 nitrogen and oxygen atoms in total. The first-order valence-corrected chi connectivity index (χ1v) is 11.6. The zero-order chi connectivity index (χ0) is 23.3. The minimum absolute atomic E-state index is 0.0209. The van der Waals surface area contributed by atoms with E-state index in [0.717, 1.165) is 12.1 Å². The SMILES string of the molecule is O=S1(=O)CCCN1c1cnn2c1CN(C(O)Nc1cc(F)c(F)c(F)c1)[C@@H](c1cnco1)C2. The Balaban J connectivity index is 1.49. The molecule has 2 aliphatic heterocycles. The summed E-state index contributed by atoms with van der Waals surface area (Å²) in [5.74, 6) is -4.00. The van der Waals surface area contributed by atoms with Crippen LogP contribution in [0.2, 0.25) is 0 Å². The predicted molar refractivity (Wildman–Crippen MR) is 109 cm³/mol. The molecule has 14 heteroatoms. The summed E-state index contributed by atoms with van der Waals surface area (Å²) in [5, 5.41) is 17.8. The lowest BCUT2D eigenvalue weighted by Gasteiger charge is -2.38. The Morgan fingerprint density at radius 3 is 2.61 bits per heavy atom. The lowest BCUT2D eigenvalue weighted by molar-refractivity contribution is -0.0372. The molecule has 1 fully saturated rings. The third-order valence-corrected chi connectivity index (χ3v) is 7.60. The van der Waals surface area contributed by atoms with Gasteiger partial charge >= 0.3 is 0 Å². The second kappa shape index (κ2) is 8.04. The molecule has 1 unspecified atom stereocenters. The zero-order valence-electron chi connectivity index (χ0n) is 17.0. The van der Waals surface area contributed by atoms with E-state index in [1.54, 1.807) is 4.68 Å². The minimum atomic E-state index is -3.46. The van der Waals surface area contributed by atoms with E-state index < -0.39 is 39.9 Å². The quantitative estimate of drug-likeness (QED) is 0.416. The van der Waals surface area contributed by atoms with Crippen molar-refractivity contribution in [3.05, 3.63) is 59.8 Å². The van der Waals surface area contributed by atoms with Crippen LogP contribution in [-0.4, -0.2) is 51.8 Å². The van der Waals surface area contributed by atoms with Crippen LogP contribution in [0.1, 0.15) is 23.9 Å². The summed E-state index contributed by atoms with van der Waals surface area (Å²) < 4.78 is 73.8. The van der Waals surface area contributed by atoms with E-state index in [2.05, 4.69) is 15.4 Å². The largest absolute Gasteiger partial charge is 0.447 e. The number of oxazole rings is 1. The van der Waals surface area contributed by atoms with E-state index in [1.165, 1.54) is 28.0 Å². The van der Waals surface area contributed by atoms with E-state index >= 15 is 0 Å². The highest BCUT2D eigenvalue weighted by atomic mass is 32.2. The fourth-order valence-corrected chi connectivity index (χ4v) is 5.74. The average molecular weight is 484 g/mol. The summed E-state index contributed by atoms with van der Waals surface area (Å²) in [4.78, 5) is 5.40. The number of aliphatic hydroxyl groups excluding tert-OH is 1. The van der Waals surface area contributed by atoms with E-state index in [1.807, 2.05) is 0 Å². The fourth-order valence-electron chi connectivity index (χ4n) is 4.16. The van der Waals surface area contributed by atoms with E-state index in [0.29, 0.717) is 30.1 Å². The van der Waals surface area contributed by atoms with Gasteiger partial charge in [-0.25, -0.2) is 31.5 Å². The van der Waals surface area contributed by atoms with Crippen LogP contribution in [0.5, 0.6) is 0 Å². The topological polar surface area (TPSA) is 117 Å². The van der Waals surface area contributed by atoms with Gasteiger partial charge in [-0.05, 0) is 6.42 Å². The number of rotatable bonds is 5. The maximum Gasteiger partial charge on any atom is 0.235 e. The van der Waals surface area contributed by atoms with Crippen LogP contribution in [0.25, 0.3) is 0 Å². The Morgan fingerprint density at radius 1 is 1.21 bits per heavy atom. The van der Waals surface area contributed by atoms with Gasteiger partial charge in [0.15, 0.2) is 30.2 Å².